The molecule has 0 aromatic heterocycles. The first kappa shape index (κ1) is 39.0. The summed E-state index contributed by atoms with van der Waals surface area (Å²) in [6.07, 6.45) is 0.119. The van der Waals surface area contributed by atoms with Crippen LogP contribution in [0.15, 0.2) is 0 Å². The second-order valence-corrected chi connectivity index (χ2v) is 2.59. The number of ether oxygens (including phenoxy) is 4. The quantitative estimate of drug-likeness (QED) is 0.286. The van der Waals surface area contributed by atoms with Gasteiger partial charge in [0, 0.05) is 138 Å². The molecule has 0 aromatic carbocycles. The summed E-state index contributed by atoms with van der Waals surface area (Å²) in [6, 6.07) is 0. The molecule has 2 aliphatic rings. The van der Waals surface area contributed by atoms with Crippen LogP contribution in [0.5, 0.6) is 0 Å². The first-order chi connectivity index (χ1) is 6.72. The van der Waals surface area contributed by atoms with Crippen molar-refractivity contribution >= 4 is 5.97 Å². The van der Waals surface area contributed by atoms with Crippen molar-refractivity contribution in [2.24, 2.45) is 0 Å². The molecule has 0 aromatic rings. The Bertz CT molecular complexity index is 190. The minimum Gasteiger partial charge on any atom is -0.637 e. The van der Waals surface area contributed by atoms with Crippen molar-refractivity contribution in [2.75, 3.05) is 7.11 Å². The summed E-state index contributed by atoms with van der Waals surface area (Å²) in [4.78, 5) is 10.1. The van der Waals surface area contributed by atoms with Crippen molar-refractivity contribution in [1.29, 1.82) is 0 Å². The predicted octanol–water partition coefficient (Wildman–Crippen LogP) is 1.89. The van der Waals surface area contributed by atoms with Gasteiger partial charge in [0.15, 0.2) is 0 Å². The van der Waals surface area contributed by atoms with Gasteiger partial charge in [-0.1, -0.05) is 14.9 Å². The average Bonchev–Trinajstić information content (AvgIpc) is 2.99. The summed E-state index contributed by atoms with van der Waals surface area (Å²) in [6.45, 7) is 7.59. The zero-order valence-electron chi connectivity index (χ0n) is 10.3. The van der Waals surface area contributed by atoms with E-state index in [1.54, 1.807) is 26.9 Å². The Morgan fingerprint density at radius 2 is 1.35 bits per heavy atom. The Labute approximate surface area is 224 Å². The molecular formula is C11H20O5Y4-4. The topological polar surface area (TPSA) is 60.6 Å². The van der Waals surface area contributed by atoms with Gasteiger partial charge in [-0.2, -0.15) is 18.8 Å². The van der Waals surface area contributed by atoms with E-state index in [4.69, 9.17) is 0 Å². The molecule has 5 nitrogen and oxygen atoms in total. The van der Waals surface area contributed by atoms with Gasteiger partial charge in [0.05, 0.1) is 0 Å². The maximum atomic E-state index is 10.1. The van der Waals surface area contributed by atoms with Gasteiger partial charge >= 0.3 is 0 Å². The third kappa shape index (κ3) is 29.7. The van der Waals surface area contributed by atoms with Gasteiger partial charge in [0.1, 0.15) is 0 Å². The van der Waals surface area contributed by atoms with Crippen LogP contribution in [0, 0.1) is 26.4 Å². The van der Waals surface area contributed by atoms with Crippen LogP contribution >= 0.6 is 0 Å². The van der Waals surface area contributed by atoms with Gasteiger partial charge < -0.3 is 18.9 Å². The molecule has 2 fully saturated rings. The van der Waals surface area contributed by atoms with Crippen molar-refractivity contribution in [1.82, 2.24) is 0 Å². The number of methoxy groups -OCH3 is 1. The smallest absolute Gasteiger partial charge is 0.271 e. The summed E-state index contributed by atoms with van der Waals surface area (Å²) in [5.41, 5.74) is 0. The van der Waals surface area contributed by atoms with E-state index in [2.05, 4.69) is 18.9 Å². The molecule has 2 atom stereocenters. The van der Waals surface area contributed by atoms with Crippen molar-refractivity contribution in [3.63, 3.8) is 0 Å². The SMILES string of the molecule is C.C.CC(=O)O[CH-]C1[CH-]O1.CO[CH-]C1[CH-]O1.[Y].[Y].[Y].[Y]. The minimum atomic E-state index is -0.311. The normalized spacial score (nSPS) is 19.1. The van der Waals surface area contributed by atoms with Crippen LogP contribution in [0.4, 0.5) is 0 Å². The Balaban J connectivity index is -0.0000000383. The molecule has 2 unspecified atom stereocenters. The average molecular weight is 588 g/mol. The second kappa shape index (κ2) is 25.0. The van der Waals surface area contributed by atoms with E-state index in [1.165, 1.54) is 13.5 Å². The molecule has 9 heteroatoms. The summed E-state index contributed by atoms with van der Waals surface area (Å²) < 4.78 is 18.3. The third-order valence-corrected chi connectivity index (χ3v) is 1.22. The molecule has 2 aliphatic heterocycles. The van der Waals surface area contributed by atoms with Crippen molar-refractivity contribution in [3.05, 3.63) is 26.4 Å². The van der Waals surface area contributed by atoms with Crippen LogP contribution in [-0.4, -0.2) is 25.3 Å². The zero-order valence-corrected chi connectivity index (χ0v) is 21.7. The van der Waals surface area contributed by atoms with Crippen LogP contribution < -0.4 is 0 Å². The van der Waals surface area contributed by atoms with Gasteiger partial charge in [-0.05, 0) is 7.11 Å². The maximum Gasteiger partial charge on any atom is 0.271 e. The molecule has 4 radical (unpaired) electrons. The Morgan fingerprint density at radius 3 is 1.55 bits per heavy atom. The number of carbonyl (C=O) groups is 1. The van der Waals surface area contributed by atoms with Gasteiger partial charge in [-0.15, -0.1) is 0 Å². The van der Waals surface area contributed by atoms with E-state index in [0.717, 1.165) is 0 Å². The van der Waals surface area contributed by atoms with Gasteiger partial charge in [0.25, 0.3) is 5.97 Å². The molecule has 2 heterocycles. The van der Waals surface area contributed by atoms with Crippen molar-refractivity contribution in [2.45, 2.75) is 34.0 Å². The molecule has 0 saturated carbocycles. The van der Waals surface area contributed by atoms with Crippen LogP contribution in [-0.2, 0) is 155 Å². The third-order valence-electron chi connectivity index (χ3n) is 1.22. The molecule has 0 aliphatic carbocycles. The molecule has 0 spiro atoms. The van der Waals surface area contributed by atoms with Gasteiger partial charge in [0.2, 0.25) is 0 Å². The fraction of sp³-hybridized carbons (Fsp3) is 0.545. The largest absolute Gasteiger partial charge is 0.637 e. The van der Waals surface area contributed by atoms with Crippen molar-refractivity contribution < 1.29 is 155 Å². The summed E-state index contributed by atoms with van der Waals surface area (Å²) in [7, 11) is 1.61. The number of hydrogen-bond donors (Lipinski definition) is 0. The molecule has 110 valence electrons. The number of epoxide rings is 2. The Hall–Kier alpha value is 3.77. The summed E-state index contributed by atoms with van der Waals surface area (Å²) >= 11 is 0. The summed E-state index contributed by atoms with van der Waals surface area (Å²) in [5, 5.41) is 0. The number of carbonyl (C=O) groups excluding carboxylic acids is 1. The number of rotatable bonds is 4. The fourth-order valence-corrected chi connectivity index (χ4v) is 0.516. The molecule has 2 saturated heterocycles. The van der Waals surface area contributed by atoms with E-state index >= 15 is 0 Å². The first-order valence-corrected chi connectivity index (χ1v) is 4.06. The van der Waals surface area contributed by atoms with Crippen LogP contribution in [0.3, 0.4) is 0 Å². The van der Waals surface area contributed by atoms with Crippen LogP contribution in [0.1, 0.15) is 21.8 Å². The standard InChI is InChI=1S/C5H6O3.C4H6O2.2CH4.4Y/c1-4(6)7-2-5-3-8-5;1-5-2-4-3-6-4;;;;;;/h2-3,5H,1H3;2-4H,1H3;2*1H4;;;;/q2*-2;;;;;;. The monoisotopic (exact) mass is 588 g/mol. The molecular weight excluding hydrogens is 568 g/mol. The van der Waals surface area contributed by atoms with E-state index in [9.17, 15) is 4.79 Å². The molecule has 20 heavy (non-hydrogen) atoms. The van der Waals surface area contributed by atoms with Gasteiger partial charge in [-0.3, -0.25) is 4.79 Å². The zero-order chi connectivity index (χ0) is 10.4. The number of hydrogen-bond acceptors (Lipinski definition) is 5. The predicted molar refractivity (Wildman–Crippen MR) is 59.2 cm³/mol. The van der Waals surface area contributed by atoms with E-state index in [1.807, 2.05) is 0 Å². The first-order valence-electron chi connectivity index (χ1n) is 4.06. The minimum absolute atomic E-state index is 0. The van der Waals surface area contributed by atoms with Crippen LogP contribution in [0.2, 0.25) is 0 Å². The maximum absolute atomic E-state index is 10.1. The van der Waals surface area contributed by atoms with E-state index in [0.29, 0.717) is 0 Å². The second-order valence-electron chi connectivity index (χ2n) is 2.59. The van der Waals surface area contributed by atoms with E-state index in [-0.39, 0.29) is 164 Å². The molecule has 0 N–H and O–H groups in total. The molecule has 0 amide bonds. The fourth-order valence-electron chi connectivity index (χ4n) is 0.516. The van der Waals surface area contributed by atoms with E-state index < -0.39 is 0 Å². The Morgan fingerprint density at radius 1 is 1.00 bits per heavy atom. The number of esters is 1. The van der Waals surface area contributed by atoms with Crippen molar-refractivity contribution in [3.8, 4) is 0 Å². The Kier molecular flexibility index (Phi) is 48.8. The molecule has 0 bridgehead atoms. The summed E-state index contributed by atoms with van der Waals surface area (Å²) in [5.74, 6) is -0.311. The van der Waals surface area contributed by atoms with Crippen LogP contribution in [0.25, 0.3) is 0 Å². The van der Waals surface area contributed by atoms with Gasteiger partial charge in [-0.25, -0.2) is 19.8 Å². The molecule has 2 rings (SSSR count).